The van der Waals surface area contributed by atoms with Gasteiger partial charge in [-0.2, -0.15) is 8.78 Å². The summed E-state index contributed by atoms with van der Waals surface area (Å²) in [6, 6.07) is 12.8. The van der Waals surface area contributed by atoms with Crippen LogP contribution in [0.2, 0.25) is 0 Å². The number of nitrogens with zero attached hydrogens (tertiary/aromatic N) is 4. The number of fused-ring (bicyclic) bond motifs is 1. The molecule has 2 heterocycles. The number of nitrogen functional groups attached to an aromatic ring is 1. The van der Waals surface area contributed by atoms with E-state index in [2.05, 4.69) is 25.0 Å². The monoisotopic (exact) mass is 454 g/mol. The van der Waals surface area contributed by atoms with E-state index in [0.29, 0.717) is 46.9 Å². The van der Waals surface area contributed by atoms with E-state index in [1.807, 2.05) is 4.57 Å². The van der Waals surface area contributed by atoms with Gasteiger partial charge >= 0.3 is 12.6 Å². The number of halogens is 2. The number of hydrogen-bond donors (Lipinski definition) is 2. The number of hydrogen-bond acceptors (Lipinski definition) is 8. The van der Waals surface area contributed by atoms with Crippen molar-refractivity contribution in [3.05, 3.63) is 66.7 Å². The van der Waals surface area contributed by atoms with Crippen molar-refractivity contribution in [3.8, 4) is 5.75 Å². The Hall–Kier alpha value is -4.28. The van der Waals surface area contributed by atoms with E-state index < -0.39 is 12.6 Å². The van der Waals surface area contributed by atoms with Gasteiger partial charge in [-0.3, -0.25) is 0 Å². The second-order valence-electron chi connectivity index (χ2n) is 6.93. The fourth-order valence-electron chi connectivity index (χ4n) is 3.19. The summed E-state index contributed by atoms with van der Waals surface area (Å²) in [5, 5.41) is 3.09. The van der Waals surface area contributed by atoms with Crippen LogP contribution in [0.1, 0.15) is 16.8 Å². The van der Waals surface area contributed by atoms with Crippen LogP contribution in [-0.4, -0.2) is 38.7 Å². The van der Waals surface area contributed by atoms with Crippen LogP contribution in [0.3, 0.4) is 0 Å². The van der Waals surface area contributed by atoms with Crippen molar-refractivity contribution in [1.82, 2.24) is 19.5 Å². The van der Waals surface area contributed by atoms with Crippen molar-refractivity contribution in [2.24, 2.45) is 0 Å². The first kappa shape index (κ1) is 21.9. The summed E-state index contributed by atoms with van der Waals surface area (Å²) in [6.07, 6.45) is 3.54. The second-order valence-corrected chi connectivity index (χ2v) is 6.93. The van der Waals surface area contributed by atoms with E-state index in [-0.39, 0.29) is 12.4 Å². The summed E-state index contributed by atoms with van der Waals surface area (Å²) >= 11 is 0. The topological polar surface area (TPSA) is 117 Å². The fourth-order valence-corrected chi connectivity index (χ4v) is 3.19. The first-order chi connectivity index (χ1) is 16.0. The number of nitrogens with two attached hydrogens (primary N) is 1. The molecule has 0 aliphatic carbocycles. The molecule has 2 aromatic carbocycles. The van der Waals surface area contributed by atoms with Gasteiger partial charge in [0.2, 0.25) is 0 Å². The molecule has 0 aliphatic heterocycles. The highest BCUT2D eigenvalue weighted by Gasteiger charge is 2.13. The number of esters is 1. The highest BCUT2D eigenvalue weighted by atomic mass is 19.3. The van der Waals surface area contributed by atoms with Crippen molar-refractivity contribution >= 4 is 34.3 Å². The van der Waals surface area contributed by atoms with E-state index in [4.69, 9.17) is 10.5 Å². The number of anilines is 3. The number of rotatable bonds is 9. The molecule has 170 valence electrons. The number of carbonyl (C=O) groups excluding carboxylic acids is 1. The maximum Gasteiger partial charge on any atom is 0.387 e. The molecule has 4 rings (SSSR count). The molecule has 0 saturated heterocycles. The Bertz CT molecular complexity index is 1250. The number of alkyl halides is 2. The molecular formula is C22H20F2N6O3. The zero-order valence-electron chi connectivity index (χ0n) is 17.3. The standard InChI is InChI=1S/C22H20F2N6O3/c23-22(24)33-15-8-6-14(7-9-15)29-17-5-2-1-4-16(17)21(31)32-11-3-10-30-13-28-18-19(25)26-12-27-20(18)30/h1-2,4-9,12-13,22,29H,3,10-11H2,(H2,25,26,27). The van der Waals surface area contributed by atoms with Crippen LogP contribution in [0.25, 0.3) is 11.2 Å². The highest BCUT2D eigenvalue weighted by Crippen LogP contribution is 2.24. The normalized spacial score (nSPS) is 11.0. The van der Waals surface area contributed by atoms with Crippen LogP contribution in [-0.2, 0) is 11.3 Å². The zero-order valence-corrected chi connectivity index (χ0v) is 17.3. The van der Waals surface area contributed by atoms with Gasteiger partial charge in [-0.05, 0) is 42.8 Å². The molecule has 4 aromatic rings. The molecule has 0 amide bonds. The lowest BCUT2D eigenvalue weighted by molar-refractivity contribution is -0.0498. The molecule has 0 unspecified atom stereocenters. The molecule has 0 saturated carbocycles. The number of imidazole rings is 1. The largest absolute Gasteiger partial charge is 0.462 e. The number of aryl methyl sites for hydroxylation is 1. The number of ether oxygens (including phenoxy) is 2. The molecule has 0 bridgehead atoms. The third kappa shape index (κ3) is 5.32. The number of benzene rings is 2. The van der Waals surface area contributed by atoms with Gasteiger partial charge in [0.1, 0.15) is 17.6 Å². The summed E-state index contributed by atoms with van der Waals surface area (Å²) in [5.41, 5.74) is 8.41. The third-order valence-electron chi connectivity index (χ3n) is 4.71. The van der Waals surface area contributed by atoms with Crippen molar-refractivity contribution in [3.63, 3.8) is 0 Å². The lowest BCUT2D eigenvalue weighted by Crippen LogP contribution is -2.11. The predicted molar refractivity (Wildman–Crippen MR) is 117 cm³/mol. The van der Waals surface area contributed by atoms with Crippen LogP contribution in [0.15, 0.2) is 61.2 Å². The minimum atomic E-state index is -2.89. The van der Waals surface area contributed by atoms with E-state index in [9.17, 15) is 13.6 Å². The Morgan fingerprint density at radius 3 is 2.67 bits per heavy atom. The van der Waals surface area contributed by atoms with E-state index >= 15 is 0 Å². The summed E-state index contributed by atoms with van der Waals surface area (Å²) < 4.78 is 36.2. The smallest absolute Gasteiger partial charge is 0.387 e. The molecule has 0 atom stereocenters. The quantitative estimate of drug-likeness (QED) is 0.288. The second kappa shape index (κ2) is 9.90. The van der Waals surface area contributed by atoms with Gasteiger partial charge in [0, 0.05) is 12.2 Å². The number of para-hydroxylation sites is 1. The number of carbonyl (C=O) groups is 1. The molecule has 11 heteroatoms. The van der Waals surface area contributed by atoms with Crippen LogP contribution < -0.4 is 15.8 Å². The molecular weight excluding hydrogens is 434 g/mol. The molecule has 0 fully saturated rings. The van der Waals surface area contributed by atoms with Gasteiger partial charge in [0.15, 0.2) is 11.5 Å². The van der Waals surface area contributed by atoms with E-state index in [0.717, 1.165) is 0 Å². The molecule has 33 heavy (non-hydrogen) atoms. The molecule has 0 aliphatic rings. The third-order valence-corrected chi connectivity index (χ3v) is 4.71. The van der Waals surface area contributed by atoms with Gasteiger partial charge in [0.05, 0.1) is 24.2 Å². The molecule has 3 N–H and O–H groups in total. The SMILES string of the molecule is Nc1ncnc2c1ncn2CCCOC(=O)c1ccccc1Nc1ccc(OC(F)F)cc1. The van der Waals surface area contributed by atoms with Gasteiger partial charge in [0.25, 0.3) is 0 Å². The van der Waals surface area contributed by atoms with Gasteiger partial charge in [-0.15, -0.1) is 0 Å². The molecule has 2 aromatic heterocycles. The lowest BCUT2D eigenvalue weighted by Gasteiger charge is -2.12. The Labute approximate surface area is 187 Å². The van der Waals surface area contributed by atoms with Gasteiger partial charge in [-0.25, -0.2) is 19.7 Å². The number of aromatic nitrogens is 4. The number of nitrogens with one attached hydrogen (secondary N) is 1. The van der Waals surface area contributed by atoms with E-state index in [1.54, 1.807) is 42.7 Å². The van der Waals surface area contributed by atoms with Gasteiger partial charge < -0.3 is 25.1 Å². The highest BCUT2D eigenvalue weighted by molar-refractivity contribution is 5.96. The summed E-state index contributed by atoms with van der Waals surface area (Å²) in [5.74, 6) is -0.133. The first-order valence-electron chi connectivity index (χ1n) is 10.0. The van der Waals surface area contributed by atoms with Crippen molar-refractivity contribution in [2.75, 3.05) is 17.7 Å². The maximum absolute atomic E-state index is 12.6. The maximum atomic E-state index is 12.6. The zero-order chi connectivity index (χ0) is 23.2. The summed E-state index contributed by atoms with van der Waals surface area (Å²) in [7, 11) is 0. The average molecular weight is 454 g/mol. The van der Waals surface area contributed by atoms with Crippen LogP contribution >= 0.6 is 0 Å². The molecule has 0 radical (unpaired) electrons. The molecule has 0 spiro atoms. The fraction of sp³-hybridized carbons (Fsp3) is 0.182. The Balaban J connectivity index is 1.34. The van der Waals surface area contributed by atoms with Gasteiger partial charge in [-0.1, -0.05) is 12.1 Å². The van der Waals surface area contributed by atoms with Crippen molar-refractivity contribution in [2.45, 2.75) is 19.6 Å². The first-order valence-corrected chi connectivity index (χ1v) is 10.0. The Morgan fingerprint density at radius 1 is 1.09 bits per heavy atom. The minimum Gasteiger partial charge on any atom is -0.462 e. The van der Waals surface area contributed by atoms with E-state index in [1.165, 1.54) is 18.5 Å². The summed E-state index contributed by atoms with van der Waals surface area (Å²) in [4.78, 5) is 24.9. The van der Waals surface area contributed by atoms with Crippen LogP contribution in [0.4, 0.5) is 26.0 Å². The van der Waals surface area contributed by atoms with Crippen molar-refractivity contribution in [1.29, 1.82) is 0 Å². The minimum absolute atomic E-state index is 0.0445. The summed E-state index contributed by atoms with van der Waals surface area (Å²) in [6.45, 7) is -2.17. The molecule has 9 nitrogen and oxygen atoms in total. The Morgan fingerprint density at radius 2 is 1.88 bits per heavy atom. The van der Waals surface area contributed by atoms with Crippen LogP contribution in [0, 0.1) is 0 Å². The Kier molecular flexibility index (Phi) is 6.58. The predicted octanol–water partition coefficient (Wildman–Crippen LogP) is 4.00. The van der Waals surface area contributed by atoms with Crippen LogP contribution in [0.5, 0.6) is 5.75 Å². The van der Waals surface area contributed by atoms with Crippen molar-refractivity contribution < 1.29 is 23.0 Å². The average Bonchev–Trinajstić information content (AvgIpc) is 3.22. The lowest BCUT2D eigenvalue weighted by atomic mass is 10.1.